The smallest absolute Gasteiger partial charge is 0.345 e. The van der Waals surface area contributed by atoms with Crippen LogP contribution in [-0.2, 0) is 4.79 Å². The number of amides is 1. The van der Waals surface area contributed by atoms with Crippen LogP contribution in [0.15, 0.2) is 48.1 Å². The minimum Gasteiger partial charge on any atom is -0.345 e. The zero-order chi connectivity index (χ0) is 19.2. The molecule has 0 radical (unpaired) electrons. The van der Waals surface area contributed by atoms with Gasteiger partial charge in [0.05, 0.1) is 23.2 Å². The number of aromatic nitrogens is 1. The maximum atomic E-state index is 13.6. The number of halogens is 3. The summed E-state index contributed by atoms with van der Waals surface area (Å²) in [5.41, 5.74) is -0.211. The standard InChI is InChI=1S/C18H22F3N3OS/c1-23(17(25)8-11-26-2)16-13-24(14-6-5-9-22-12-14)10-4-3-7-15(16)18(19,20)21/h5-7,9,12-13H,3-4,8,10-11H2,1-2H3. The minimum absolute atomic E-state index is 0.132. The fourth-order valence-electron chi connectivity index (χ4n) is 2.64. The molecule has 2 heterocycles. The maximum absolute atomic E-state index is 13.6. The summed E-state index contributed by atoms with van der Waals surface area (Å²) in [6, 6.07) is 3.52. The number of alkyl halides is 3. The molecule has 0 fully saturated rings. The molecule has 4 nitrogen and oxygen atoms in total. The van der Waals surface area contributed by atoms with Gasteiger partial charge in [-0.1, -0.05) is 6.08 Å². The lowest BCUT2D eigenvalue weighted by Crippen LogP contribution is -2.34. The van der Waals surface area contributed by atoms with Gasteiger partial charge in [-0.2, -0.15) is 24.9 Å². The van der Waals surface area contributed by atoms with Crippen LogP contribution in [0.2, 0.25) is 0 Å². The van der Waals surface area contributed by atoms with Crippen molar-refractivity contribution in [3.8, 4) is 0 Å². The molecule has 0 unspecified atom stereocenters. The Balaban J connectivity index is 2.45. The second-order valence-corrected chi connectivity index (χ2v) is 6.86. The molecule has 0 N–H and O–H groups in total. The average molecular weight is 385 g/mol. The Bertz CT molecular complexity index is 674. The SMILES string of the molecule is CSCCC(=O)N(C)C1=CN(c2cccnc2)CCCC=C1C(F)(F)F. The fraction of sp³-hybridized carbons (Fsp3) is 0.444. The molecule has 1 aliphatic rings. The molecular weight excluding hydrogens is 363 g/mol. The molecule has 0 saturated heterocycles. The first kappa shape index (κ1) is 20.4. The maximum Gasteiger partial charge on any atom is 0.418 e. The Morgan fingerprint density at radius 1 is 1.42 bits per heavy atom. The lowest BCUT2D eigenvalue weighted by atomic mass is 10.1. The summed E-state index contributed by atoms with van der Waals surface area (Å²) in [6.45, 7) is 0.545. The summed E-state index contributed by atoms with van der Waals surface area (Å²) in [7, 11) is 1.40. The highest BCUT2D eigenvalue weighted by Crippen LogP contribution is 2.35. The van der Waals surface area contributed by atoms with Crippen molar-refractivity contribution in [1.29, 1.82) is 0 Å². The Hall–Kier alpha value is -1.96. The monoisotopic (exact) mass is 385 g/mol. The van der Waals surface area contributed by atoms with Gasteiger partial charge in [-0.25, -0.2) is 0 Å². The zero-order valence-electron chi connectivity index (χ0n) is 14.8. The summed E-state index contributed by atoms with van der Waals surface area (Å²) < 4.78 is 40.9. The molecule has 0 bridgehead atoms. The third-order valence-corrected chi connectivity index (χ3v) is 4.66. The van der Waals surface area contributed by atoms with Crippen LogP contribution in [-0.4, -0.2) is 47.6 Å². The molecule has 1 aromatic heterocycles. The average Bonchev–Trinajstić information content (AvgIpc) is 2.59. The van der Waals surface area contributed by atoms with Crippen LogP contribution in [0.1, 0.15) is 19.3 Å². The van der Waals surface area contributed by atoms with Gasteiger partial charge in [-0.3, -0.25) is 9.78 Å². The van der Waals surface area contributed by atoms with E-state index in [0.29, 0.717) is 24.4 Å². The number of thioether (sulfide) groups is 1. The van der Waals surface area contributed by atoms with E-state index in [2.05, 4.69) is 4.98 Å². The van der Waals surface area contributed by atoms with Crippen LogP contribution in [0, 0.1) is 0 Å². The highest BCUT2D eigenvalue weighted by Gasteiger charge is 2.38. The zero-order valence-corrected chi connectivity index (χ0v) is 15.6. The van der Waals surface area contributed by atoms with Gasteiger partial charge in [-0.15, -0.1) is 0 Å². The van der Waals surface area contributed by atoms with Gasteiger partial charge in [-0.05, 0) is 31.2 Å². The van der Waals surface area contributed by atoms with Crippen molar-refractivity contribution in [3.05, 3.63) is 48.1 Å². The summed E-state index contributed by atoms with van der Waals surface area (Å²) >= 11 is 1.48. The van der Waals surface area contributed by atoms with Gasteiger partial charge in [0.15, 0.2) is 0 Å². The van der Waals surface area contributed by atoms with Crippen LogP contribution >= 0.6 is 11.8 Å². The number of hydrogen-bond donors (Lipinski definition) is 0. The molecule has 26 heavy (non-hydrogen) atoms. The number of anilines is 1. The first-order valence-corrected chi connectivity index (χ1v) is 9.65. The van der Waals surface area contributed by atoms with Crippen molar-refractivity contribution in [1.82, 2.24) is 9.88 Å². The first-order valence-electron chi connectivity index (χ1n) is 8.26. The van der Waals surface area contributed by atoms with E-state index in [9.17, 15) is 18.0 Å². The number of nitrogens with zero attached hydrogens (tertiary/aromatic N) is 3. The molecule has 142 valence electrons. The first-order chi connectivity index (χ1) is 12.3. The fourth-order valence-corrected chi connectivity index (χ4v) is 3.02. The van der Waals surface area contributed by atoms with E-state index in [4.69, 9.17) is 0 Å². The van der Waals surface area contributed by atoms with Crippen molar-refractivity contribution in [2.24, 2.45) is 0 Å². The summed E-state index contributed by atoms with van der Waals surface area (Å²) in [5.74, 6) is 0.223. The Kier molecular flexibility index (Phi) is 7.14. The number of rotatable bonds is 5. The molecule has 0 spiro atoms. The van der Waals surface area contributed by atoms with Crippen molar-refractivity contribution in [2.75, 3.05) is 30.5 Å². The van der Waals surface area contributed by atoms with Crippen LogP contribution in [0.3, 0.4) is 0 Å². The Morgan fingerprint density at radius 2 is 2.19 bits per heavy atom. The van der Waals surface area contributed by atoms with Crippen molar-refractivity contribution >= 4 is 23.4 Å². The van der Waals surface area contributed by atoms with E-state index < -0.39 is 11.7 Å². The van der Waals surface area contributed by atoms with Gasteiger partial charge in [0.2, 0.25) is 5.91 Å². The molecule has 1 amide bonds. The Morgan fingerprint density at radius 3 is 2.81 bits per heavy atom. The van der Waals surface area contributed by atoms with Gasteiger partial charge in [0.25, 0.3) is 0 Å². The normalized spacial score (nSPS) is 15.7. The number of allylic oxidation sites excluding steroid dienone is 2. The predicted molar refractivity (Wildman–Crippen MR) is 98.8 cm³/mol. The van der Waals surface area contributed by atoms with Crippen molar-refractivity contribution in [2.45, 2.75) is 25.4 Å². The second kappa shape index (κ2) is 9.12. The largest absolute Gasteiger partial charge is 0.418 e. The topological polar surface area (TPSA) is 36.4 Å². The van der Waals surface area contributed by atoms with E-state index in [-0.39, 0.29) is 24.4 Å². The van der Waals surface area contributed by atoms with Gasteiger partial charge in [0, 0.05) is 38.2 Å². The molecule has 0 aliphatic carbocycles. The molecular formula is C18H22F3N3OS. The highest BCUT2D eigenvalue weighted by molar-refractivity contribution is 7.98. The van der Waals surface area contributed by atoms with Crippen molar-refractivity contribution in [3.63, 3.8) is 0 Å². The van der Waals surface area contributed by atoms with E-state index in [1.54, 1.807) is 29.4 Å². The molecule has 2 rings (SSSR count). The van der Waals surface area contributed by atoms with Gasteiger partial charge >= 0.3 is 6.18 Å². The minimum atomic E-state index is -4.53. The van der Waals surface area contributed by atoms with Crippen LogP contribution in [0.5, 0.6) is 0 Å². The lowest BCUT2D eigenvalue weighted by Gasteiger charge is -2.30. The summed E-state index contributed by atoms with van der Waals surface area (Å²) in [6.07, 6.45) is 4.17. The molecule has 8 heteroatoms. The summed E-state index contributed by atoms with van der Waals surface area (Å²) in [4.78, 5) is 19.2. The van der Waals surface area contributed by atoms with E-state index in [0.717, 1.165) is 4.90 Å². The third kappa shape index (κ3) is 5.27. The van der Waals surface area contributed by atoms with Crippen LogP contribution in [0.4, 0.5) is 18.9 Å². The van der Waals surface area contributed by atoms with Gasteiger partial charge < -0.3 is 9.80 Å². The van der Waals surface area contributed by atoms with Gasteiger partial charge in [0.1, 0.15) is 0 Å². The predicted octanol–water partition coefficient (Wildman–Crippen LogP) is 4.22. The summed E-state index contributed by atoms with van der Waals surface area (Å²) in [5, 5.41) is 0. The van der Waals surface area contributed by atoms with Crippen LogP contribution < -0.4 is 4.90 Å². The number of likely N-dealkylation sites (N-methyl/N-ethyl adjacent to an activating group) is 1. The number of pyridine rings is 1. The number of hydrogen-bond acceptors (Lipinski definition) is 4. The second-order valence-electron chi connectivity index (χ2n) is 5.87. The van der Waals surface area contributed by atoms with E-state index >= 15 is 0 Å². The molecule has 0 aromatic carbocycles. The molecule has 0 atom stereocenters. The third-order valence-electron chi connectivity index (χ3n) is 4.04. The molecule has 0 saturated carbocycles. The Labute approximate surface area is 155 Å². The molecule has 1 aromatic rings. The number of carbonyl (C=O) groups is 1. The number of carbonyl (C=O) groups excluding carboxylic acids is 1. The molecule has 1 aliphatic heterocycles. The van der Waals surface area contributed by atoms with E-state index in [1.807, 2.05) is 6.26 Å². The lowest BCUT2D eigenvalue weighted by molar-refractivity contribution is -0.128. The highest BCUT2D eigenvalue weighted by atomic mass is 32.2. The van der Waals surface area contributed by atoms with Crippen LogP contribution in [0.25, 0.3) is 0 Å². The quantitative estimate of drug-likeness (QED) is 0.760. The van der Waals surface area contributed by atoms with E-state index in [1.165, 1.54) is 31.1 Å². The van der Waals surface area contributed by atoms with Crippen molar-refractivity contribution < 1.29 is 18.0 Å².